The molecular weight excluding hydrogens is 270 g/mol. The molecule has 2 N–H and O–H groups in total. The fraction of sp³-hybridized carbons (Fsp3) is 0.500. The van der Waals surface area contributed by atoms with Crippen LogP contribution in [-0.2, 0) is 0 Å². The number of hydrogen-bond acceptors (Lipinski definition) is 4. The second-order valence-corrected chi connectivity index (χ2v) is 5.27. The molecule has 0 unspecified atom stereocenters. The minimum Gasteiger partial charge on any atom is -0.359 e. The van der Waals surface area contributed by atoms with Gasteiger partial charge in [-0.2, -0.15) is 4.98 Å². The molecule has 0 aliphatic carbocycles. The van der Waals surface area contributed by atoms with Crippen LogP contribution in [0.2, 0.25) is 0 Å². The number of anilines is 2. The molecule has 0 spiro atoms. The molecule has 5 nitrogen and oxygen atoms in total. The Balaban J connectivity index is 2.07. The van der Waals surface area contributed by atoms with Gasteiger partial charge in [-0.25, -0.2) is 4.98 Å². The Morgan fingerprint density at radius 2 is 2.15 bits per heavy atom. The largest absolute Gasteiger partial charge is 0.359 e. The van der Waals surface area contributed by atoms with Gasteiger partial charge in [-0.1, -0.05) is 6.08 Å². The number of aromatic nitrogens is 2. The summed E-state index contributed by atoms with van der Waals surface area (Å²) in [5, 5.41) is 6.54. The normalized spacial score (nSPS) is 14.8. The predicted octanol–water partition coefficient (Wildman–Crippen LogP) is 2.25. The summed E-state index contributed by atoms with van der Waals surface area (Å²) in [6.45, 7) is 8.36. The van der Waals surface area contributed by atoms with E-state index in [0.29, 0.717) is 17.6 Å². The molecule has 108 valence electrons. The van der Waals surface area contributed by atoms with Crippen LogP contribution in [0.1, 0.15) is 25.0 Å². The second-order valence-electron chi connectivity index (χ2n) is 4.86. The van der Waals surface area contributed by atoms with E-state index in [1.807, 2.05) is 13.0 Å². The topological polar surface area (TPSA) is 53.1 Å². The molecular formula is C14H21N5S. The Morgan fingerprint density at radius 1 is 1.40 bits per heavy atom. The number of nitrogens with one attached hydrogen (secondary N) is 2. The van der Waals surface area contributed by atoms with Crippen molar-refractivity contribution in [2.24, 2.45) is 0 Å². The molecule has 0 aromatic carbocycles. The molecule has 20 heavy (non-hydrogen) atoms. The lowest BCUT2D eigenvalue weighted by Crippen LogP contribution is -2.32. The number of nitrogens with zero attached hydrogens (tertiary/aromatic N) is 3. The maximum Gasteiger partial charge on any atom is 0.231 e. The summed E-state index contributed by atoms with van der Waals surface area (Å²) in [6, 6.07) is 2.02. The molecule has 2 heterocycles. The van der Waals surface area contributed by atoms with Crippen molar-refractivity contribution in [2.45, 2.75) is 26.2 Å². The van der Waals surface area contributed by atoms with Gasteiger partial charge >= 0.3 is 0 Å². The van der Waals surface area contributed by atoms with Gasteiger partial charge in [0, 0.05) is 31.4 Å². The third-order valence-electron chi connectivity index (χ3n) is 3.15. The molecule has 6 heteroatoms. The first kappa shape index (κ1) is 14.7. The van der Waals surface area contributed by atoms with Gasteiger partial charge in [-0.15, -0.1) is 6.58 Å². The lowest BCUT2D eigenvalue weighted by Gasteiger charge is -2.28. The van der Waals surface area contributed by atoms with Crippen LogP contribution in [0.5, 0.6) is 0 Å². The number of hydrogen-bond donors (Lipinski definition) is 2. The zero-order chi connectivity index (χ0) is 14.4. The van der Waals surface area contributed by atoms with E-state index in [9.17, 15) is 0 Å². The maximum atomic E-state index is 5.18. The number of aryl methyl sites for hydroxylation is 1. The van der Waals surface area contributed by atoms with Crippen molar-refractivity contribution in [3.05, 3.63) is 24.4 Å². The van der Waals surface area contributed by atoms with Gasteiger partial charge in [0.25, 0.3) is 0 Å². The van der Waals surface area contributed by atoms with Crippen molar-refractivity contribution in [1.29, 1.82) is 0 Å². The highest BCUT2D eigenvalue weighted by molar-refractivity contribution is 7.80. The maximum absolute atomic E-state index is 5.18. The van der Waals surface area contributed by atoms with E-state index in [-0.39, 0.29) is 0 Å². The van der Waals surface area contributed by atoms with E-state index in [0.717, 1.165) is 24.6 Å². The number of thiocarbonyl (C=S) groups is 1. The van der Waals surface area contributed by atoms with Crippen molar-refractivity contribution < 1.29 is 0 Å². The van der Waals surface area contributed by atoms with Crippen LogP contribution in [-0.4, -0.2) is 34.7 Å². The summed E-state index contributed by atoms with van der Waals surface area (Å²) in [4.78, 5) is 11.2. The summed E-state index contributed by atoms with van der Waals surface area (Å²) in [5.74, 6) is 1.53. The van der Waals surface area contributed by atoms with Gasteiger partial charge in [0.15, 0.2) is 5.11 Å². The fourth-order valence-corrected chi connectivity index (χ4v) is 2.38. The molecule has 0 radical (unpaired) electrons. The predicted molar refractivity (Wildman–Crippen MR) is 87.3 cm³/mol. The standard InChI is InChI=1S/C14H21N5S/c1-3-7-15-14(20)18-13-16-11(2)10-12(17-13)19-8-5-4-6-9-19/h3,10H,1,4-9H2,2H3,(H2,15,16,17,18,20). The Kier molecular flexibility index (Phi) is 5.29. The van der Waals surface area contributed by atoms with E-state index in [4.69, 9.17) is 12.2 Å². The highest BCUT2D eigenvalue weighted by Crippen LogP contribution is 2.19. The van der Waals surface area contributed by atoms with Crippen molar-refractivity contribution in [2.75, 3.05) is 29.9 Å². The number of rotatable bonds is 4. The molecule has 0 atom stereocenters. The lowest BCUT2D eigenvalue weighted by molar-refractivity contribution is 0.573. The van der Waals surface area contributed by atoms with Crippen LogP contribution in [0.4, 0.5) is 11.8 Å². The molecule has 1 saturated heterocycles. The van der Waals surface area contributed by atoms with Gasteiger partial charge in [0.1, 0.15) is 5.82 Å². The molecule has 0 saturated carbocycles. The van der Waals surface area contributed by atoms with E-state index in [1.165, 1.54) is 19.3 Å². The van der Waals surface area contributed by atoms with Crippen molar-refractivity contribution >= 4 is 29.1 Å². The summed E-state index contributed by atoms with van der Waals surface area (Å²) in [7, 11) is 0. The Bertz CT molecular complexity index is 482. The van der Waals surface area contributed by atoms with Gasteiger partial charge in [-0.05, 0) is 38.4 Å². The van der Waals surface area contributed by atoms with E-state index >= 15 is 0 Å². The van der Waals surface area contributed by atoms with E-state index in [2.05, 4.69) is 32.1 Å². The Labute approximate surface area is 125 Å². The van der Waals surface area contributed by atoms with Crippen LogP contribution in [0.25, 0.3) is 0 Å². The molecule has 1 aliphatic rings. The second kappa shape index (κ2) is 7.19. The van der Waals surface area contributed by atoms with Crippen LogP contribution in [0, 0.1) is 6.92 Å². The number of piperidine rings is 1. The first-order valence-corrected chi connectivity index (χ1v) is 7.36. The quantitative estimate of drug-likeness (QED) is 0.655. The van der Waals surface area contributed by atoms with Crippen molar-refractivity contribution in [1.82, 2.24) is 15.3 Å². The zero-order valence-corrected chi connectivity index (χ0v) is 12.7. The molecule has 1 aromatic heterocycles. The summed E-state index contributed by atoms with van der Waals surface area (Å²) in [6.07, 6.45) is 5.52. The van der Waals surface area contributed by atoms with Gasteiger partial charge in [0.2, 0.25) is 5.95 Å². The minimum absolute atomic E-state index is 0.514. The molecule has 0 bridgehead atoms. The third-order valence-corrected chi connectivity index (χ3v) is 3.40. The lowest BCUT2D eigenvalue weighted by atomic mass is 10.1. The van der Waals surface area contributed by atoms with Gasteiger partial charge in [0.05, 0.1) is 0 Å². The Hall–Kier alpha value is -1.69. The summed E-state index contributed by atoms with van der Waals surface area (Å²) >= 11 is 5.18. The monoisotopic (exact) mass is 291 g/mol. The Morgan fingerprint density at radius 3 is 2.85 bits per heavy atom. The van der Waals surface area contributed by atoms with Crippen molar-refractivity contribution in [3.8, 4) is 0 Å². The molecule has 1 fully saturated rings. The van der Waals surface area contributed by atoms with Crippen molar-refractivity contribution in [3.63, 3.8) is 0 Å². The first-order chi connectivity index (χ1) is 9.69. The first-order valence-electron chi connectivity index (χ1n) is 6.95. The van der Waals surface area contributed by atoms with Crippen LogP contribution in [0.3, 0.4) is 0 Å². The highest BCUT2D eigenvalue weighted by Gasteiger charge is 2.14. The van der Waals surface area contributed by atoms with E-state index < -0.39 is 0 Å². The average Bonchev–Trinajstić information content (AvgIpc) is 2.45. The fourth-order valence-electron chi connectivity index (χ4n) is 2.20. The minimum atomic E-state index is 0.514. The SMILES string of the molecule is C=CCNC(=S)Nc1nc(C)cc(N2CCCCC2)n1. The molecule has 1 aliphatic heterocycles. The van der Waals surface area contributed by atoms with Crippen LogP contribution < -0.4 is 15.5 Å². The third kappa shape index (κ3) is 4.16. The highest BCUT2D eigenvalue weighted by atomic mass is 32.1. The zero-order valence-electron chi connectivity index (χ0n) is 11.9. The molecule has 2 rings (SSSR count). The van der Waals surface area contributed by atoms with Gasteiger partial charge in [-0.3, -0.25) is 0 Å². The smallest absolute Gasteiger partial charge is 0.231 e. The summed E-state index contributed by atoms with van der Waals surface area (Å²) in [5.41, 5.74) is 0.939. The molecule has 0 amide bonds. The molecule has 1 aromatic rings. The average molecular weight is 291 g/mol. The summed E-state index contributed by atoms with van der Waals surface area (Å²) < 4.78 is 0. The van der Waals surface area contributed by atoms with E-state index in [1.54, 1.807) is 6.08 Å². The van der Waals surface area contributed by atoms with Gasteiger partial charge < -0.3 is 15.5 Å². The van der Waals surface area contributed by atoms with Crippen LogP contribution >= 0.6 is 12.2 Å². The van der Waals surface area contributed by atoms with Crippen LogP contribution in [0.15, 0.2) is 18.7 Å².